The Morgan fingerprint density at radius 1 is 1.37 bits per heavy atom. The molecule has 1 aliphatic carbocycles. The summed E-state index contributed by atoms with van der Waals surface area (Å²) >= 11 is 12.3. The van der Waals surface area contributed by atoms with Crippen LogP contribution < -0.4 is 5.32 Å². The Bertz CT molecular complexity index is 461. The van der Waals surface area contributed by atoms with Gasteiger partial charge in [-0.15, -0.1) is 0 Å². The van der Waals surface area contributed by atoms with E-state index < -0.39 is 0 Å². The van der Waals surface area contributed by atoms with Gasteiger partial charge in [0, 0.05) is 34.7 Å². The zero-order valence-corrected chi connectivity index (χ0v) is 13.3. The highest BCUT2D eigenvalue weighted by molar-refractivity contribution is 6.33. The highest BCUT2D eigenvalue weighted by Gasteiger charge is 2.48. The average molecular weight is 302 g/mol. The number of nitrogens with one attached hydrogen (secondary N) is 1. The van der Waals surface area contributed by atoms with E-state index in [1.807, 2.05) is 18.2 Å². The molecule has 3 atom stereocenters. The molecular formula is C15H21Cl2NO. The van der Waals surface area contributed by atoms with Gasteiger partial charge in [-0.1, -0.05) is 37.0 Å². The standard InChI is InChI=1S/C15H21Cl2NO/c1-9(11-7-10(16)5-6-12(11)17)18-13-8-14(19-4)15(13,2)3/h5-7,9,13-14,18H,8H2,1-4H3. The summed E-state index contributed by atoms with van der Waals surface area (Å²) in [6.45, 7) is 6.58. The molecule has 4 heteroatoms. The summed E-state index contributed by atoms with van der Waals surface area (Å²) in [6, 6.07) is 6.20. The van der Waals surface area contributed by atoms with Crippen molar-refractivity contribution in [3.8, 4) is 0 Å². The molecular weight excluding hydrogens is 281 g/mol. The third-order valence-corrected chi connectivity index (χ3v) is 4.92. The van der Waals surface area contributed by atoms with E-state index in [2.05, 4.69) is 26.1 Å². The van der Waals surface area contributed by atoms with Crippen LogP contribution in [0.5, 0.6) is 0 Å². The third kappa shape index (κ3) is 2.92. The molecule has 2 rings (SSSR count). The Hall–Kier alpha value is -0.280. The fourth-order valence-electron chi connectivity index (χ4n) is 2.81. The first-order valence-corrected chi connectivity index (χ1v) is 7.35. The minimum atomic E-state index is 0.147. The van der Waals surface area contributed by atoms with E-state index in [4.69, 9.17) is 27.9 Å². The van der Waals surface area contributed by atoms with Crippen LogP contribution in [0.1, 0.15) is 38.8 Å². The van der Waals surface area contributed by atoms with Crippen molar-refractivity contribution in [1.29, 1.82) is 0 Å². The maximum absolute atomic E-state index is 6.24. The fourth-order valence-corrected chi connectivity index (χ4v) is 3.27. The fraction of sp³-hybridized carbons (Fsp3) is 0.600. The molecule has 0 amide bonds. The Kier molecular flexibility index (Phi) is 4.46. The first-order valence-electron chi connectivity index (χ1n) is 6.60. The van der Waals surface area contributed by atoms with Crippen molar-refractivity contribution >= 4 is 23.2 Å². The molecule has 0 aromatic heterocycles. The second-order valence-electron chi connectivity index (χ2n) is 5.89. The SMILES string of the molecule is COC1CC(NC(C)c2cc(Cl)ccc2Cl)C1(C)C. The largest absolute Gasteiger partial charge is 0.381 e. The van der Waals surface area contributed by atoms with E-state index >= 15 is 0 Å². The van der Waals surface area contributed by atoms with Crippen LogP contribution in [-0.2, 0) is 4.74 Å². The summed E-state index contributed by atoms with van der Waals surface area (Å²) in [5, 5.41) is 5.10. The summed E-state index contributed by atoms with van der Waals surface area (Å²) in [6.07, 6.45) is 1.36. The minimum Gasteiger partial charge on any atom is -0.381 e. The number of halogens is 2. The van der Waals surface area contributed by atoms with Gasteiger partial charge in [0.1, 0.15) is 0 Å². The number of methoxy groups -OCH3 is 1. The number of rotatable bonds is 4. The van der Waals surface area contributed by atoms with Crippen LogP contribution in [0.4, 0.5) is 0 Å². The van der Waals surface area contributed by atoms with Crippen LogP contribution in [0.2, 0.25) is 10.0 Å². The van der Waals surface area contributed by atoms with Crippen LogP contribution in [0.25, 0.3) is 0 Å². The number of hydrogen-bond donors (Lipinski definition) is 1. The van der Waals surface area contributed by atoms with E-state index in [0.717, 1.165) is 22.0 Å². The highest BCUT2D eigenvalue weighted by Crippen LogP contribution is 2.43. The minimum absolute atomic E-state index is 0.147. The Balaban J connectivity index is 2.06. The van der Waals surface area contributed by atoms with Crippen molar-refractivity contribution in [2.24, 2.45) is 5.41 Å². The predicted octanol–water partition coefficient (Wildman–Crippen LogP) is 4.46. The smallest absolute Gasteiger partial charge is 0.0652 e. The summed E-state index contributed by atoms with van der Waals surface area (Å²) in [5.74, 6) is 0. The molecule has 1 aromatic carbocycles. The van der Waals surface area contributed by atoms with Gasteiger partial charge in [0.2, 0.25) is 0 Å². The Labute approximate surface area is 125 Å². The van der Waals surface area contributed by atoms with Gasteiger partial charge < -0.3 is 10.1 Å². The van der Waals surface area contributed by atoms with Crippen molar-refractivity contribution in [2.75, 3.05) is 7.11 Å². The molecule has 2 nitrogen and oxygen atoms in total. The molecule has 0 heterocycles. The van der Waals surface area contributed by atoms with Crippen LogP contribution in [0.15, 0.2) is 18.2 Å². The van der Waals surface area contributed by atoms with E-state index in [9.17, 15) is 0 Å². The number of benzene rings is 1. The lowest BCUT2D eigenvalue weighted by Crippen LogP contribution is -2.60. The summed E-state index contributed by atoms with van der Waals surface area (Å²) in [4.78, 5) is 0. The van der Waals surface area contributed by atoms with Gasteiger partial charge in [0.15, 0.2) is 0 Å². The van der Waals surface area contributed by atoms with Gasteiger partial charge in [-0.25, -0.2) is 0 Å². The van der Waals surface area contributed by atoms with Gasteiger partial charge in [-0.3, -0.25) is 0 Å². The second kappa shape index (κ2) is 5.61. The van der Waals surface area contributed by atoms with Gasteiger partial charge in [-0.05, 0) is 37.1 Å². The van der Waals surface area contributed by atoms with Crippen molar-refractivity contribution in [3.05, 3.63) is 33.8 Å². The monoisotopic (exact) mass is 301 g/mol. The Morgan fingerprint density at radius 2 is 2.05 bits per heavy atom. The lowest BCUT2D eigenvalue weighted by atomic mass is 9.64. The molecule has 106 valence electrons. The quantitative estimate of drug-likeness (QED) is 0.886. The number of ether oxygens (including phenoxy) is 1. The zero-order chi connectivity index (χ0) is 14.2. The third-order valence-electron chi connectivity index (χ3n) is 4.34. The molecule has 0 bridgehead atoms. The van der Waals surface area contributed by atoms with Gasteiger partial charge in [0.25, 0.3) is 0 Å². The lowest BCUT2D eigenvalue weighted by molar-refractivity contribution is -0.0999. The second-order valence-corrected chi connectivity index (χ2v) is 6.73. The predicted molar refractivity (Wildman–Crippen MR) is 81.0 cm³/mol. The molecule has 0 spiro atoms. The van der Waals surface area contributed by atoms with E-state index in [1.165, 1.54) is 0 Å². The highest BCUT2D eigenvalue weighted by atomic mass is 35.5. The van der Waals surface area contributed by atoms with Gasteiger partial charge >= 0.3 is 0 Å². The molecule has 1 N–H and O–H groups in total. The molecule has 0 radical (unpaired) electrons. The molecule has 1 saturated carbocycles. The van der Waals surface area contributed by atoms with E-state index in [0.29, 0.717) is 12.1 Å². The molecule has 0 aliphatic heterocycles. The van der Waals surface area contributed by atoms with Gasteiger partial charge in [0.05, 0.1) is 6.10 Å². The topological polar surface area (TPSA) is 21.3 Å². The van der Waals surface area contributed by atoms with E-state index in [-0.39, 0.29) is 11.5 Å². The molecule has 19 heavy (non-hydrogen) atoms. The molecule has 1 aliphatic rings. The van der Waals surface area contributed by atoms with Crippen LogP contribution in [0, 0.1) is 5.41 Å². The van der Waals surface area contributed by atoms with E-state index in [1.54, 1.807) is 7.11 Å². The summed E-state index contributed by atoms with van der Waals surface area (Å²) < 4.78 is 5.47. The normalized spacial score (nSPS) is 26.8. The molecule has 1 fully saturated rings. The lowest BCUT2D eigenvalue weighted by Gasteiger charge is -2.52. The van der Waals surface area contributed by atoms with Crippen molar-refractivity contribution < 1.29 is 4.74 Å². The van der Waals surface area contributed by atoms with Crippen molar-refractivity contribution in [2.45, 2.75) is 45.4 Å². The average Bonchev–Trinajstić information content (AvgIpc) is 2.36. The van der Waals surface area contributed by atoms with Crippen LogP contribution >= 0.6 is 23.2 Å². The number of hydrogen-bond acceptors (Lipinski definition) is 2. The Morgan fingerprint density at radius 3 is 2.63 bits per heavy atom. The summed E-state index contributed by atoms with van der Waals surface area (Å²) in [5.41, 5.74) is 1.19. The first-order chi connectivity index (χ1) is 8.86. The van der Waals surface area contributed by atoms with Gasteiger partial charge in [-0.2, -0.15) is 0 Å². The van der Waals surface area contributed by atoms with Crippen LogP contribution in [-0.4, -0.2) is 19.3 Å². The molecule has 1 aromatic rings. The molecule has 0 saturated heterocycles. The molecule has 3 unspecified atom stereocenters. The maximum Gasteiger partial charge on any atom is 0.0652 e. The summed E-state index contributed by atoms with van der Waals surface area (Å²) in [7, 11) is 1.78. The van der Waals surface area contributed by atoms with Crippen molar-refractivity contribution in [3.63, 3.8) is 0 Å². The zero-order valence-electron chi connectivity index (χ0n) is 11.8. The first kappa shape index (κ1) is 15.1. The van der Waals surface area contributed by atoms with Crippen molar-refractivity contribution in [1.82, 2.24) is 5.32 Å². The van der Waals surface area contributed by atoms with Crippen LogP contribution in [0.3, 0.4) is 0 Å². The maximum atomic E-state index is 6.24.